The summed E-state index contributed by atoms with van der Waals surface area (Å²) >= 11 is 7.86. The number of rotatable bonds is 28. The second-order valence-electron chi connectivity index (χ2n) is 14.9. The Morgan fingerprint density at radius 1 is 0.726 bits per heavy atom. The Morgan fingerprint density at radius 2 is 1.29 bits per heavy atom. The molecule has 1 aliphatic heterocycles. The maximum Gasteiger partial charge on any atom is 0.327 e. The van der Waals surface area contributed by atoms with E-state index in [1.165, 1.54) is 11.8 Å². The maximum atomic E-state index is 13.6. The zero-order valence-electron chi connectivity index (χ0n) is 35.0. The monoisotopic (exact) mass is 921 g/mol. The minimum absolute atomic E-state index is 0.0510. The Balaban J connectivity index is 3.10. The highest BCUT2D eigenvalue weighted by Crippen LogP contribution is 2.18. The van der Waals surface area contributed by atoms with E-state index >= 15 is 0 Å². The lowest BCUT2D eigenvalue weighted by atomic mass is 10.0. The van der Waals surface area contributed by atoms with Crippen LogP contribution in [-0.4, -0.2) is 172 Å². The molecule has 9 atom stereocenters. The van der Waals surface area contributed by atoms with E-state index in [9.17, 15) is 63.3 Å². The number of nitrogens with zero attached hydrogens (tertiary/aromatic N) is 1. The maximum absolute atomic E-state index is 13.6. The van der Waals surface area contributed by atoms with Crippen molar-refractivity contribution >= 4 is 84.4 Å². The fourth-order valence-corrected chi connectivity index (χ4v) is 6.44. The van der Waals surface area contributed by atoms with Crippen LogP contribution in [0, 0.1) is 5.92 Å². The number of aliphatic hydroxyl groups excluding tert-OH is 2. The number of thiol groups is 2. The van der Waals surface area contributed by atoms with E-state index in [-0.39, 0.29) is 50.3 Å². The summed E-state index contributed by atoms with van der Waals surface area (Å²) in [7, 11) is 0. The number of likely N-dealkylation sites (tertiary alicyclic amines) is 1. The van der Waals surface area contributed by atoms with Crippen LogP contribution < -0.4 is 54.4 Å². The fourth-order valence-electron chi connectivity index (χ4n) is 6.02. The van der Waals surface area contributed by atoms with E-state index in [2.05, 4.69) is 62.5 Å². The van der Waals surface area contributed by atoms with Crippen LogP contribution in [0.3, 0.4) is 0 Å². The smallest absolute Gasteiger partial charge is 0.327 e. The first-order valence-electron chi connectivity index (χ1n) is 20.0. The van der Waals surface area contributed by atoms with E-state index in [1.807, 2.05) is 0 Å². The number of nitrogens with two attached hydrogens (primary N) is 3. The summed E-state index contributed by atoms with van der Waals surface area (Å²) < 4.78 is 0. The first kappa shape index (κ1) is 55.3. The van der Waals surface area contributed by atoms with Crippen molar-refractivity contribution in [1.29, 1.82) is 0 Å². The summed E-state index contributed by atoms with van der Waals surface area (Å²) in [6, 6.07) is -10.8. The van der Waals surface area contributed by atoms with Gasteiger partial charge in [-0.3, -0.25) is 43.2 Å². The van der Waals surface area contributed by atoms with Gasteiger partial charge in [0, 0.05) is 24.5 Å². The van der Waals surface area contributed by atoms with Crippen LogP contribution in [0.2, 0.25) is 0 Å². The molecule has 24 nitrogen and oxygen atoms in total. The van der Waals surface area contributed by atoms with Crippen molar-refractivity contribution in [3.63, 3.8) is 0 Å². The molecule has 0 bridgehead atoms. The van der Waals surface area contributed by atoms with Gasteiger partial charge in [0.05, 0.1) is 25.3 Å². The van der Waals surface area contributed by atoms with Gasteiger partial charge in [-0.2, -0.15) is 25.3 Å². The third-order valence-corrected chi connectivity index (χ3v) is 10.4. The molecule has 0 unspecified atom stereocenters. The first-order valence-corrected chi connectivity index (χ1v) is 21.3. The normalized spacial score (nSPS) is 17.5. The lowest BCUT2D eigenvalue weighted by Crippen LogP contribution is -2.61. The van der Waals surface area contributed by atoms with E-state index in [4.69, 9.17) is 17.2 Å². The summed E-state index contributed by atoms with van der Waals surface area (Å²) in [5.74, 6) is -9.89. The molecule has 0 aromatic carbocycles. The Morgan fingerprint density at radius 3 is 1.81 bits per heavy atom. The van der Waals surface area contributed by atoms with E-state index in [0.29, 0.717) is 12.8 Å². The van der Waals surface area contributed by atoms with E-state index < -0.39 is 139 Å². The molecule has 1 rings (SSSR count). The van der Waals surface area contributed by atoms with Gasteiger partial charge in [0.15, 0.2) is 0 Å². The number of hydrogen-bond acceptors (Lipinski definition) is 16. The number of nitrogens with one attached hydrogen (secondary N) is 7. The highest BCUT2D eigenvalue weighted by atomic mass is 32.1. The molecule has 26 heteroatoms. The highest BCUT2D eigenvalue weighted by Gasteiger charge is 2.38. The minimum Gasteiger partial charge on any atom is -0.480 e. The van der Waals surface area contributed by atoms with Crippen molar-refractivity contribution < 1.29 is 63.3 Å². The van der Waals surface area contributed by atoms with Crippen molar-refractivity contribution in [3.05, 3.63) is 0 Å². The van der Waals surface area contributed by atoms with E-state index in [1.54, 1.807) is 13.8 Å². The summed E-state index contributed by atoms with van der Waals surface area (Å²) in [6.45, 7) is 3.17. The number of carboxylic acids is 1. The summed E-state index contributed by atoms with van der Waals surface area (Å²) in [5.41, 5.74) is 16.5. The first-order chi connectivity index (χ1) is 29.1. The van der Waals surface area contributed by atoms with Crippen molar-refractivity contribution in [2.75, 3.05) is 37.7 Å². The molecular formula is C36H63N11O13S2. The van der Waals surface area contributed by atoms with Crippen LogP contribution in [0.5, 0.6) is 0 Å². The summed E-state index contributed by atoms with van der Waals surface area (Å²) in [6.07, 6.45) is -0.999. The molecule has 1 fully saturated rings. The lowest BCUT2D eigenvalue weighted by molar-refractivity contribution is -0.142. The van der Waals surface area contributed by atoms with Gasteiger partial charge in [0.25, 0.3) is 0 Å². The quantitative estimate of drug-likeness (QED) is 0.0256. The van der Waals surface area contributed by atoms with Gasteiger partial charge < -0.3 is 74.6 Å². The van der Waals surface area contributed by atoms with Crippen LogP contribution in [0.1, 0.15) is 65.7 Å². The molecule has 62 heavy (non-hydrogen) atoms. The van der Waals surface area contributed by atoms with Crippen molar-refractivity contribution in [2.24, 2.45) is 23.1 Å². The van der Waals surface area contributed by atoms with Gasteiger partial charge in [-0.05, 0) is 57.9 Å². The number of aliphatic hydroxyl groups is 2. The minimum atomic E-state index is -1.65. The predicted molar refractivity (Wildman–Crippen MR) is 228 cm³/mol. The van der Waals surface area contributed by atoms with Crippen LogP contribution in [-0.2, 0) is 47.9 Å². The molecule has 0 saturated carbocycles. The highest BCUT2D eigenvalue weighted by molar-refractivity contribution is 7.80. The third kappa shape index (κ3) is 18.3. The summed E-state index contributed by atoms with van der Waals surface area (Å²) in [5, 5.41) is 46.1. The lowest BCUT2D eigenvalue weighted by Gasteiger charge is -2.28. The molecule has 16 N–H and O–H groups in total. The number of carbonyl (C=O) groups is 10. The topological polar surface area (TPSA) is 397 Å². The molecule has 352 valence electrons. The van der Waals surface area contributed by atoms with Gasteiger partial charge in [0.1, 0.15) is 42.3 Å². The fraction of sp³-hybridized carbons (Fsp3) is 0.722. The Bertz CT molecular complexity index is 1590. The van der Waals surface area contributed by atoms with Crippen LogP contribution >= 0.6 is 25.3 Å². The van der Waals surface area contributed by atoms with Crippen molar-refractivity contribution in [3.8, 4) is 0 Å². The van der Waals surface area contributed by atoms with Gasteiger partial charge in [0.2, 0.25) is 53.2 Å². The average Bonchev–Trinajstić information content (AvgIpc) is 3.72. The van der Waals surface area contributed by atoms with Gasteiger partial charge in [-0.15, -0.1) is 0 Å². The Kier molecular flexibility index (Phi) is 25.0. The molecule has 9 amide bonds. The number of unbranched alkanes of at least 4 members (excludes halogenated alkanes) is 1. The van der Waals surface area contributed by atoms with Crippen LogP contribution in [0.25, 0.3) is 0 Å². The number of amides is 9. The van der Waals surface area contributed by atoms with Crippen LogP contribution in [0.4, 0.5) is 0 Å². The largest absolute Gasteiger partial charge is 0.480 e. The van der Waals surface area contributed by atoms with Gasteiger partial charge >= 0.3 is 5.97 Å². The number of hydrogen-bond donors (Lipinski definition) is 15. The molecule has 1 saturated heterocycles. The SMILES string of the molecule is CC(C)[C@H](NC(=O)[C@@H]1CCCN1C(=O)CNC(=O)[C@H](CO)NC(=O)[C@H](CCCCN)NC(=O)[C@H](CCC(N)=O)NC(=O)[C@@H](NC(=O)[C@@H](N)CS)[C@@H](C)O)C(=O)N[C@@H](CS)C(=O)O. The molecule has 0 spiro atoms. The average molecular weight is 922 g/mol. The van der Waals surface area contributed by atoms with Crippen molar-refractivity contribution in [2.45, 2.75) is 120 Å². The number of carboxylic acid groups (broad SMARTS) is 1. The van der Waals surface area contributed by atoms with Gasteiger partial charge in [-0.25, -0.2) is 4.79 Å². The number of aliphatic carboxylic acids is 1. The van der Waals surface area contributed by atoms with Crippen LogP contribution in [0.15, 0.2) is 0 Å². The predicted octanol–water partition coefficient (Wildman–Crippen LogP) is -6.30. The van der Waals surface area contributed by atoms with Crippen molar-refractivity contribution in [1.82, 2.24) is 42.1 Å². The molecular weight excluding hydrogens is 859 g/mol. The third-order valence-electron chi connectivity index (χ3n) is 9.64. The Hall–Kier alpha value is -4.76. The summed E-state index contributed by atoms with van der Waals surface area (Å²) in [4.78, 5) is 129. The molecule has 0 aromatic rings. The Labute approximate surface area is 369 Å². The molecule has 1 heterocycles. The standard InChI is InChI=1S/C36H63N11O13S2/c1-17(2)27(34(57)44-23(16-62)36(59)60)45-33(56)24-8-6-12-47(24)26(51)13-40-30(53)22(14-48)43-31(54)20(7-4-5-11-37)41-32(55)21(9-10-25(39)50)42-35(58)28(18(3)49)46-29(52)19(38)15-61/h17-24,27-28,48-49,61-62H,4-16,37-38H2,1-3H3,(H2,39,50)(H,40,53)(H,41,55)(H,42,58)(H,43,54)(H,44,57)(H,45,56)(H,46,52)(H,59,60)/t18-,19+,20+,21+,22+,23+,24+,27+,28+/m1/s1. The second kappa shape index (κ2) is 28.0. The molecule has 0 aromatic heterocycles. The molecule has 0 aliphatic carbocycles. The number of primary amides is 1. The molecule has 0 radical (unpaired) electrons. The second-order valence-corrected chi connectivity index (χ2v) is 15.7. The van der Waals surface area contributed by atoms with Gasteiger partial charge in [-0.1, -0.05) is 13.8 Å². The zero-order chi connectivity index (χ0) is 47.3. The van der Waals surface area contributed by atoms with E-state index in [0.717, 1.165) is 0 Å². The zero-order valence-corrected chi connectivity index (χ0v) is 36.8. The molecule has 1 aliphatic rings. The number of carbonyl (C=O) groups excluding carboxylic acids is 9.